The van der Waals surface area contributed by atoms with Crippen molar-refractivity contribution >= 4 is 11.9 Å². The van der Waals surface area contributed by atoms with E-state index in [2.05, 4.69) is 10.3 Å². The molecule has 0 bridgehead atoms. The van der Waals surface area contributed by atoms with Gasteiger partial charge in [-0.1, -0.05) is 19.9 Å². The number of nitrogens with one attached hydrogen (secondary N) is 1. The molecule has 1 rings (SSSR count). The van der Waals surface area contributed by atoms with E-state index in [0.717, 1.165) is 0 Å². The van der Waals surface area contributed by atoms with E-state index in [-0.39, 0.29) is 18.2 Å². The Labute approximate surface area is 99.9 Å². The third kappa shape index (κ3) is 4.22. The van der Waals surface area contributed by atoms with Crippen LogP contribution in [-0.4, -0.2) is 28.0 Å². The normalized spacial score (nSPS) is 12.2. The van der Waals surface area contributed by atoms with E-state index in [1.807, 2.05) is 0 Å². The van der Waals surface area contributed by atoms with Crippen molar-refractivity contribution in [3.8, 4) is 0 Å². The zero-order valence-electron chi connectivity index (χ0n) is 9.88. The molecule has 1 aromatic heterocycles. The van der Waals surface area contributed by atoms with Crippen LogP contribution in [0.2, 0.25) is 0 Å². The molecule has 1 heterocycles. The number of rotatable bonds is 5. The number of hydrogen-bond donors (Lipinski definition) is 2. The molecule has 0 saturated carbocycles. The van der Waals surface area contributed by atoms with E-state index in [1.165, 1.54) is 0 Å². The molecule has 0 unspecified atom stereocenters. The molecule has 0 saturated heterocycles. The summed E-state index contributed by atoms with van der Waals surface area (Å²) in [5.41, 5.74) is 0.623. The third-order valence-electron chi connectivity index (χ3n) is 2.32. The minimum Gasteiger partial charge on any atom is -0.480 e. The SMILES string of the molecule is CC(C)[C@H](NC(=O)Cc1ccccn1)C(=O)O. The van der Waals surface area contributed by atoms with Gasteiger partial charge >= 0.3 is 5.97 Å². The van der Waals surface area contributed by atoms with Gasteiger partial charge in [0.1, 0.15) is 6.04 Å². The van der Waals surface area contributed by atoms with Crippen LogP contribution in [0.25, 0.3) is 0 Å². The largest absolute Gasteiger partial charge is 0.480 e. The monoisotopic (exact) mass is 236 g/mol. The molecule has 0 radical (unpaired) electrons. The van der Waals surface area contributed by atoms with Gasteiger partial charge in [-0.2, -0.15) is 0 Å². The summed E-state index contributed by atoms with van der Waals surface area (Å²) >= 11 is 0. The second-order valence-electron chi connectivity index (χ2n) is 4.13. The van der Waals surface area contributed by atoms with E-state index >= 15 is 0 Å². The lowest BCUT2D eigenvalue weighted by Gasteiger charge is -2.17. The molecule has 92 valence electrons. The minimum absolute atomic E-state index is 0.0946. The van der Waals surface area contributed by atoms with Crippen molar-refractivity contribution in [1.82, 2.24) is 10.3 Å². The van der Waals surface area contributed by atoms with Gasteiger partial charge in [-0.05, 0) is 18.1 Å². The van der Waals surface area contributed by atoms with Gasteiger partial charge in [-0.25, -0.2) is 4.79 Å². The van der Waals surface area contributed by atoms with Crippen molar-refractivity contribution in [2.24, 2.45) is 5.92 Å². The topological polar surface area (TPSA) is 79.3 Å². The number of carboxylic acid groups (broad SMARTS) is 1. The number of aromatic nitrogens is 1. The quantitative estimate of drug-likeness (QED) is 0.794. The first kappa shape index (κ1) is 13.2. The van der Waals surface area contributed by atoms with Crippen LogP contribution < -0.4 is 5.32 Å². The van der Waals surface area contributed by atoms with Gasteiger partial charge in [-0.3, -0.25) is 9.78 Å². The van der Waals surface area contributed by atoms with Crippen LogP contribution in [0.4, 0.5) is 0 Å². The van der Waals surface area contributed by atoms with Crippen LogP contribution in [0, 0.1) is 5.92 Å². The van der Waals surface area contributed by atoms with Gasteiger partial charge < -0.3 is 10.4 Å². The average molecular weight is 236 g/mol. The molecule has 2 N–H and O–H groups in total. The minimum atomic E-state index is -1.02. The summed E-state index contributed by atoms with van der Waals surface area (Å²) in [5.74, 6) is -1.50. The predicted molar refractivity (Wildman–Crippen MR) is 62.3 cm³/mol. The van der Waals surface area contributed by atoms with E-state index in [4.69, 9.17) is 5.11 Å². The zero-order valence-corrected chi connectivity index (χ0v) is 9.88. The number of amides is 1. The van der Waals surface area contributed by atoms with Crippen LogP contribution >= 0.6 is 0 Å². The third-order valence-corrected chi connectivity index (χ3v) is 2.32. The Morgan fingerprint density at radius 2 is 2.12 bits per heavy atom. The Hall–Kier alpha value is -1.91. The molecule has 0 aliphatic carbocycles. The molecular formula is C12H16N2O3. The fraction of sp³-hybridized carbons (Fsp3) is 0.417. The second-order valence-corrected chi connectivity index (χ2v) is 4.13. The molecule has 0 aromatic carbocycles. The van der Waals surface area contributed by atoms with E-state index in [1.54, 1.807) is 38.2 Å². The fourth-order valence-corrected chi connectivity index (χ4v) is 1.41. The molecule has 1 aromatic rings. The van der Waals surface area contributed by atoms with Crippen molar-refractivity contribution in [3.05, 3.63) is 30.1 Å². The van der Waals surface area contributed by atoms with Gasteiger partial charge in [0.05, 0.1) is 6.42 Å². The van der Waals surface area contributed by atoms with Crippen LogP contribution in [-0.2, 0) is 16.0 Å². The number of nitrogens with zero attached hydrogens (tertiary/aromatic N) is 1. The molecule has 5 heteroatoms. The van der Waals surface area contributed by atoms with Crippen molar-refractivity contribution < 1.29 is 14.7 Å². The first-order valence-electron chi connectivity index (χ1n) is 5.42. The molecule has 1 atom stereocenters. The Morgan fingerprint density at radius 1 is 1.41 bits per heavy atom. The van der Waals surface area contributed by atoms with Gasteiger partial charge in [0, 0.05) is 11.9 Å². The number of carbonyl (C=O) groups is 2. The molecule has 0 fully saturated rings. The Morgan fingerprint density at radius 3 is 2.59 bits per heavy atom. The number of carboxylic acids is 1. The summed E-state index contributed by atoms with van der Waals surface area (Å²) < 4.78 is 0. The molecule has 0 aliphatic rings. The summed E-state index contributed by atoms with van der Waals surface area (Å²) in [6.07, 6.45) is 1.69. The Kier molecular flexibility index (Phi) is 4.63. The lowest BCUT2D eigenvalue weighted by atomic mass is 10.0. The Balaban J connectivity index is 2.57. The average Bonchev–Trinajstić information content (AvgIpc) is 2.26. The lowest BCUT2D eigenvalue weighted by molar-refractivity contribution is -0.143. The Bertz CT molecular complexity index is 390. The molecule has 17 heavy (non-hydrogen) atoms. The van der Waals surface area contributed by atoms with Crippen LogP contribution in [0.3, 0.4) is 0 Å². The molecule has 0 aliphatic heterocycles. The van der Waals surface area contributed by atoms with Gasteiger partial charge in [0.15, 0.2) is 0 Å². The van der Waals surface area contributed by atoms with Crippen molar-refractivity contribution in [3.63, 3.8) is 0 Å². The zero-order chi connectivity index (χ0) is 12.8. The van der Waals surface area contributed by atoms with Crippen LogP contribution in [0.5, 0.6) is 0 Å². The molecule has 0 spiro atoms. The van der Waals surface area contributed by atoms with Crippen molar-refractivity contribution in [2.75, 3.05) is 0 Å². The van der Waals surface area contributed by atoms with Crippen molar-refractivity contribution in [2.45, 2.75) is 26.3 Å². The fourth-order valence-electron chi connectivity index (χ4n) is 1.41. The summed E-state index contributed by atoms with van der Waals surface area (Å²) in [6, 6.07) is 4.42. The van der Waals surface area contributed by atoms with Gasteiger partial charge in [-0.15, -0.1) is 0 Å². The number of hydrogen-bond acceptors (Lipinski definition) is 3. The summed E-state index contributed by atoms with van der Waals surface area (Å²) in [5, 5.41) is 11.4. The summed E-state index contributed by atoms with van der Waals surface area (Å²) in [7, 11) is 0. The highest BCUT2D eigenvalue weighted by Gasteiger charge is 2.23. The van der Waals surface area contributed by atoms with E-state index in [9.17, 15) is 9.59 Å². The lowest BCUT2D eigenvalue weighted by Crippen LogP contribution is -2.44. The van der Waals surface area contributed by atoms with Crippen molar-refractivity contribution in [1.29, 1.82) is 0 Å². The van der Waals surface area contributed by atoms with E-state index < -0.39 is 12.0 Å². The number of aliphatic carboxylic acids is 1. The second kappa shape index (κ2) is 5.98. The van der Waals surface area contributed by atoms with Crippen LogP contribution in [0.15, 0.2) is 24.4 Å². The maximum atomic E-state index is 11.6. The first-order chi connectivity index (χ1) is 8.00. The summed E-state index contributed by atoms with van der Waals surface area (Å²) in [4.78, 5) is 26.5. The first-order valence-corrected chi connectivity index (χ1v) is 5.42. The summed E-state index contributed by atoms with van der Waals surface area (Å²) in [6.45, 7) is 3.50. The predicted octanol–water partition coefficient (Wildman–Crippen LogP) is 0.849. The van der Waals surface area contributed by atoms with Gasteiger partial charge in [0.2, 0.25) is 5.91 Å². The highest BCUT2D eigenvalue weighted by molar-refractivity contribution is 5.84. The highest BCUT2D eigenvalue weighted by Crippen LogP contribution is 2.02. The smallest absolute Gasteiger partial charge is 0.326 e. The number of pyridine rings is 1. The standard InChI is InChI=1S/C12H16N2O3/c1-8(2)11(12(16)17)14-10(15)7-9-5-3-4-6-13-9/h3-6,8,11H,7H2,1-2H3,(H,14,15)(H,16,17)/t11-/m0/s1. The van der Waals surface area contributed by atoms with E-state index in [0.29, 0.717) is 5.69 Å². The molecular weight excluding hydrogens is 220 g/mol. The highest BCUT2D eigenvalue weighted by atomic mass is 16.4. The maximum absolute atomic E-state index is 11.6. The molecule has 1 amide bonds. The molecule has 5 nitrogen and oxygen atoms in total. The van der Waals surface area contributed by atoms with Gasteiger partial charge in [0.25, 0.3) is 0 Å². The van der Waals surface area contributed by atoms with Crippen LogP contribution in [0.1, 0.15) is 19.5 Å². The number of carbonyl (C=O) groups excluding carboxylic acids is 1. The maximum Gasteiger partial charge on any atom is 0.326 e.